The number of carboxylic acid groups (broad SMARTS) is 1. The first-order chi connectivity index (χ1) is 14.5. The number of rotatable bonds is 10. The zero-order valence-electron chi connectivity index (χ0n) is 16.6. The van der Waals surface area contributed by atoms with E-state index in [1.165, 1.54) is 0 Å². The molecule has 0 aliphatic heterocycles. The third kappa shape index (κ3) is 6.71. The molecule has 0 bridgehead atoms. The Labute approximate surface area is 180 Å². The van der Waals surface area contributed by atoms with Crippen LogP contribution >= 0.6 is 11.6 Å². The molecule has 3 aromatic carbocycles. The molecule has 0 saturated carbocycles. The molecule has 0 spiro atoms. The molecule has 0 fully saturated rings. The molecule has 0 saturated heterocycles. The predicted octanol–water partition coefficient (Wildman–Crippen LogP) is 6.00. The van der Waals surface area contributed by atoms with Gasteiger partial charge >= 0.3 is 5.97 Å². The number of hydrogen-bond donors (Lipinski definition) is 1. The van der Waals surface area contributed by atoms with Crippen LogP contribution in [-0.4, -0.2) is 23.8 Å². The lowest BCUT2D eigenvalue weighted by Gasteiger charge is -2.18. The Kier molecular flexibility index (Phi) is 7.57. The third-order valence-corrected chi connectivity index (χ3v) is 4.51. The molecule has 6 heteroatoms. The first kappa shape index (κ1) is 21.5. The van der Waals surface area contributed by atoms with E-state index in [1.807, 2.05) is 37.3 Å². The lowest BCUT2D eigenvalue weighted by atomic mass is 10.1. The first-order valence-corrected chi connectivity index (χ1v) is 10.00. The standard InChI is InChI=1S/C24H23ClO5/c1-17(13-14-28-20-10-7-18(8-11-20)15-24(26)27)29-22-12-9-19(25)16-23(22)30-21-5-3-2-4-6-21/h2-12,16-17H,13-15H2,1H3,(H,26,27)/t17-/m1/s1. The predicted molar refractivity (Wildman–Crippen MR) is 116 cm³/mol. The van der Waals surface area contributed by atoms with Crippen LogP contribution in [0.15, 0.2) is 72.8 Å². The summed E-state index contributed by atoms with van der Waals surface area (Å²) in [5.74, 6) is 1.69. The lowest BCUT2D eigenvalue weighted by Crippen LogP contribution is -2.16. The van der Waals surface area contributed by atoms with E-state index in [-0.39, 0.29) is 12.5 Å². The van der Waals surface area contributed by atoms with Crippen LogP contribution in [0.25, 0.3) is 0 Å². The molecule has 1 atom stereocenters. The van der Waals surface area contributed by atoms with Crippen molar-refractivity contribution in [2.45, 2.75) is 25.9 Å². The van der Waals surface area contributed by atoms with E-state index < -0.39 is 5.97 Å². The second kappa shape index (κ2) is 10.6. The molecule has 0 aliphatic carbocycles. The first-order valence-electron chi connectivity index (χ1n) is 9.62. The minimum Gasteiger partial charge on any atom is -0.493 e. The number of carbonyl (C=O) groups is 1. The van der Waals surface area contributed by atoms with Gasteiger partial charge < -0.3 is 19.3 Å². The third-order valence-electron chi connectivity index (χ3n) is 4.28. The van der Waals surface area contributed by atoms with Crippen molar-refractivity contribution < 1.29 is 24.1 Å². The number of carboxylic acids is 1. The summed E-state index contributed by atoms with van der Waals surface area (Å²) in [7, 11) is 0. The summed E-state index contributed by atoms with van der Waals surface area (Å²) in [6.07, 6.45) is 0.541. The van der Waals surface area contributed by atoms with Crippen LogP contribution in [0.4, 0.5) is 0 Å². The van der Waals surface area contributed by atoms with Crippen molar-refractivity contribution in [1.29, 1.82) is 0 Å². The van der Waals surface area contributed by atoms with Gasteiger partial charge in [-0.05, 0) is 48.9 Å². The molecule has 3 rings (SSSR count). The number of halogens is 1. The molecule has 30 heavy (non-hydrogen) atoms. The molecule has 156 valence electrons. The fourth-order valence-corrected chi connectivity index (χ4v) is 2.93. The van der Waals surface area contributed by atoms with Crippen molar-refractivity contribution >= 4 is 17.6 Å². The second-order valence-electron chi connectivity index (χ2n) is 6.79. The second-order valence-corrected chi connectivity index (χ2v) is 7.22. The van der Waals surface area contributed by atoms with Crippen LogP contribution in [-0.2, 0) is 11.2 Å². The Morgan fingerprint density at radius 1 is 0.967 bits per heavy atom. The number of ether oxygens (including phenoxy) is 3. The Balaban J connectivity index is 1.53. The van der Waals surface area contributed by atoms with Gasteiger partial charge in [0.25, 0.3) is 0 Å². The summed E-state index contributed by atoms with van der Waals surface area (Å²) < 4.78 is 17.7. The molecular formula is C24H23ClO5. The average molecular weight is 427 g/mol. The molecule has 0 amide bonds. The van der Waals surface area contributed by atoms with Crippen LogP contribution < -0.4 is 14.2 Å². The summed E-state index contributed by atoms with van der Waals surface area (Å²) in [6.45, 7) is 2.42. The summed E-state index contributed by atoms with van der Waals surface area (Å²) in [4.78, 5) is 10.7. The quantitative estimate of drug-likeness (QED) is 0.431. The SMILES string of the molecule is C[C@H](CCOc1ccc(CC(=O)O)cc1)Oc1ccc(Cl)cc1Oc1ccccc1. The summed E-state index contributed by atoms with van der Waals surface area (Å²) in [6, 6.07) is 21.8. The average Bonchev–Trinajstić information content (AvgIpc) is 2.72. The minimum absolute atomic E-state index is 0.000365. The highest BCUT2D eigenvalue weighted by Gasteiger charge is 2.12. The van der Waals surface area contributed by atoms with Crippen molar-refractivity contribution in [1.82, 2.24) is 0 Å². The number of hydrogen-bond acceptors (Lipinski definition) is 4. The van der Waals surface area contributed by atoms with Crippen LogP contribution in [0.1, 0.15) is 18.9 Å². The van der Waals surface area contributed by atoms with E-state index in [0.717, 1.165) is 5.56 Å². The zero-order chi connectivity index (χ0) is 21.3. The van der Waals surface area contributed by atoms with E-state index in [2.05, 4.69) is 0 Å². The molecular weight excluding hydrogens is 404 g/mol. The monoisotopic (exact) mass is 426 g/mol. The highest BCUT2D eigenvalue weighted by atomic mass is 35.5. The summed E-state index contributed by atoms with van der Waals surface area (Å²) >= 11 is 6.12. The molecule has 1 N–H and O–H groups in total. The van der Waals surface area contributed by atoms with Gasteiger partial charge in [0, 0.05) is 17.5 Å². The van der Waals surface area contributed by atoms with Crippen LogP contribution in [0.2, 0.25) is 5.02 Å². The zero-order valence-corrected chi connectivity index (χ0v) is 17.3. The van der Waals surface area contributed by atoms with Gasteiger partial charge in [-0.2, -0.15) is 0 Å². The lowest BCUT2D eigenvalue weighted by molar-refractivity contribution is -0.136. The van der Waals surface area contributed by atoms with Gasteiger partial charge in [-0.1, -0.05) is 41.9 Å². The maximum Gasteiger partial charge on any atom is 0.307 e. The molecule has 0 heterocycles. The molecule has 0 unspecified atom stereocenters. The van der Waals surface area contributed by atoms with Crippen molar-refractivity contribution in [3.8, 4) is 23.0 Å². The Morgan fingerprint density at radius 3 is 2.40 bits per heavy atom. The van der Waals surface area contributed by atoms with E-state index in [0.29, 0.717) is 41.0 Å². The maximum atomic E-state index is 10.7. The van der Waals surface area contributed by atoms with Gasteiger partial charge in [-0.3, -0.25) is 4.79 Å². The van der Waals surface area contributed by atoms with Crippen molar-refractivity contribution in [3.63, 3.8) is 0 Å². The van der Waals surface area contributed by atoms with Gasteiger partial charge in [-0.25, -0.2) is 0 Å². The fourth-order valence-electron chi connectivity index (χ4n) is 2.77. The Hall–Kier alpha value is -3.18. The number of para-hydroxylation sites is 1. The van der Waals surface area contributed by atoms with E-state index >= 15 is 0 Å². The maximum absolute atomic E-state index is 10.7. The van der Waals surface area contributed by atoms with E-state index in [1.54, 1.807) is 42.5 Å². The topological polar surface area (TPSA) is 65.0 Å². The molecule has 0 radical (unpaired) electrons. The van der Waals surface area contributed by atoms with Gasteiger partial charge in [0.1, 0.15) is 11.5 Å². The fraction of sp³-hybridized carbons (Fsp3) is 0.208. The van der Waals surface area contributed by atoms with Crippen molar-refractivity contribution in [2.75, 3.05) is 6.61 Å². The van der Waals surface area contributed by atoms with Crippen LogP contribution in [0.3, 0.4) is 0 Å². The van der Waals surface area contributed by atoms with Gasteiger partial charge in [-0.15, -0.1) is 0 Å². The Morgan fingerprint density at radius 2 is 1.70 bits per heavy atom. The van der Waals surface area contributed by atoms with E-state index in [9.17, 15) is 4.79 Å². The minimum atomic E-state index is -0.854. The highest BCUT2D eigenvalue weighted by molar-refractivity contribution is 6.30. The number of benzene rings is 3. The Bertz CT molecular complexity index is 957. The van der Waals surface area contributed by atoms with Gasteiger partial charge in [0.15, 0.2) is 11.5 Å². The highest BCUT2D eigenvalue weighted by Crippen LogP contribution is 2.35. The van der Waals surface area contributed by atoms with Gasteiger partial charge in [0.05, 0.1) is 19.1 Å². The van der Waals surface area contributed by atoms with E-state index in [4.69, 9.17) is 30.9 Å². The van der Waals surface area contributed by atoms with Crippen molar-refractivity contribution in [2.24, 2.45) is 0 Å². The normalized spacial score (nSPS) is 11.5. The summed E-state index contributed by atoms with van der Waals surface area (Å²) in [5.41, 5.74) is 0.736. The number of aliphatic carboxylic acids is 1. The molecule has 5 nitrogen and oxygen atoms in total. The van der Waals surface area contributed by atoms with Crippen molar-refractivity contribution in [3.05, 3.63) is 83.4 Å². The largest absolute Gasteiger partial charge is 0.493 e. The van der Waals surface area contributed by atoms with Crippen LogP contribution in [0.5, 0.6) is 23.0 Å². The van der Waals surface area contributed by atoms with Crippen LogP contribution in [0, 0.1) is 0 Å². The molecule has 3 aromatic rings. The molecule has 0 aromatic heterocycles. The van der Waals surface area contributed by atoms with Gasteiger partial charge in [0.2, 0.25) is 0 Å². The smallest absolute Gasteiger partial charge is 0.307 e. The summed E-state index contributed by atoms with van der Waals surface area (Å²) in [5, 5.41) is 9.38. The molecule has 0 aliphatic rings.